The van der Waals surface area contributed by atoms with Crippen LogP contribution in [-0.4, -0.2) is 23.3 Å². The summed E-state index contributed by atoms with van der Waals surface area (Å²) in [5.41, 5.74) is -0.445. The van der Waals surface area contributed by atoms with Gasteiger partial charge in [-0.25, -0.2) is 0 Å². The Balaban J connectivity index is 1.90. The van der Waals surface area contributed by atoms with Crippen molar-refractivity contribution in [3.63, 3.8) is 0 Å². The summed E-state index contributed by atoms with van der Waals surface area (Å²) in [7, 11) is 0. The molecule has 2 nitrogen and oxygen atoms in total. The van der Waals surface area contributed by atoms with E-state index in [1.54, 1.807) is 0 Å². The first-order valence-corrected chi connectivity index (χ1v) is 8.85. The fourth-order valence-corrected chi connectivity index (χ4v) is 4.55. The lowest BCUT2D eigenvalue weighted by Crippen LogP contribution is -2.51. The van der Waals surface area contributed by atoms with Gasteiger partial charge in [0.05, 0.1) is 5.60 Å². The first kappa shape index (κ1) is 16.3. The Kier molecular flexibility index (Phi) is 5.53. The van der Waals surface area contributed by atoms with Crippen molar-refractivity contribution in [2.24, 2.45) is 23.7 Å². The fraction of sp³-hybridized carbons (Fsp3) is 1.00. The lowest BCUT2D eigenvalue weighted by atomic mass is 9.73. The molecule has 2 rings (SSSR count). The molecule has 118 valence electrons. The van der Waals surface area contributed by atoms with Crippen LogP contribution < -0.4 is 5.32 Å². The lowest BCUT2D eigenvalue weighted by molar-refractivity contribution is -0.0180. The average Bonchev–Trinajstić information content (AvgIpc) is 2.36. The predicted molar refractivity (Wildman–Crippen MR) is 85.7 cm³/mol. The maximum absolute atomic E-state index is 10.8. The second-order valence-electron chi connectivity index (χ2n) is 8.24. The molecule has 0 aromatic carbocycles. The Hall–Kier alpha value is -0.0800. The third-order valence-corrected chi connectivity index (χ3v) is 5.78. The molecular formula is C18H35NO. The van der Waals surface area contributed by atoms with Crippen LogP contribution in [0, 0.1) is 23.7 Å². The molecule has 2 fully saturated rings. The maximum atomic E-state index is 10.8. The topological polar surface area (TPSA) is 32.3 Å². The summed E-state index contributed by atoms with van der Waals surface area (Å²) in [6.07, 6.45) is 8.46. The molecule has 0 aromatic rings. The van der Waals surface area contributed by atoms with Crippen molar-refractivity contribution in [1.29, 1.82) is 0 Å². The molecule has 0 bridgehead atoms. The molecule has 2 aliphatic rings. The van der Waals surface area contributed by atoms with Crippen LogP contribution in [0.5, 0.6) is 0 Å². The summed E-state index contributed by atoms with van der Waals surface area (Å²) in [5, 5.41) is 14.6. The lowest BCUT2D eigenvalue weighted by Gasteiger charge is -2.41. The Morgan fingerprint density at radius 1 is 1.15 bits per heavy atom. The number of rotatable bonds is 4. The Labute approximate surface area is 125 Å². The molecule has 0 radical (unpaired) electrons. The van der Waals surface area contributed by atoms with Crippen molar-refractivity contribution < 1.29 is 5.11 Å². The first-order chi connectivity index (χ1) is 9.39. The van der Waals surface area contributed by atoms with Crippen molar-refractivity contribution in [2.75, 3.05) is 6.54 Å². The minimum absolute atomic E-state index is 0.445. The van der Waals surface area contributed by atoms with E-state index >= 15 is 0 Å². The van der Waals surface area contributed by atoms with Crippen molar-refractivity contribution in [3.8, 4) is 0 Å². The zero-order valence-electron chi connectivity index (χ0n) is 14.0. The van der Waals surface area contributed by atoms with Crippen molar-refractivity contribution in [1.82, 2.24) is 5.32 Å². The largest absolute Gasteiger partial charge is 0.389 e. The molecule has 0 aliphatic heterocycles. The third kappa shape index (κ3) is 4.21. The predicted octanol–water partition coefficient (Wildman–Crippen LogP) is 3.98. The highest BCUT2D eigenvalue weighted by Crippen LogP contribution is 2.35. The monoisotopic (exact) mass is 281 g/mol. The maximum Gasteiger partial charge on any atom is 0.0774 e. The van der Waals surface area contributed by atoms with Gasteiger partial charge >= 0.3 is 0 Å². The Morgan fingerprint density at radius 3 is 2.55 bits per heavy atom. The summed E-state index contributed by atoms with van der Waals surface area (Å²) in [5.74, 6) is 3.06. The number of hydrogen-bond donors (Lipinski definition) is 2. The SMILES string of the molecule is CC1CCC(C(C)C)C(NCC2(O)CCCC(C)C2)C1. The van der Waals surface area contributed by atoms with Gasteiger partial charge in [0.1, 0.15) is 0 Å². The van der Waals surface area contributed by atoms with E-state index < -0.39 is 5.60 Å². The van der Waals surface area contributed by atoms with Crippen LogP contribution in [0.4, 0.5) is 0 Å². The molecule has 0 spiro atoms. The van der Waals surface area contributed by atoms with Gasteiger partial charge in [0.25, 0.3) is 0 Å². The van der Waals surface area contributed by atoms with E-state index in [1.165, 1.54) is 32.1 Å². The summed E-state index contributed by atoms with van der Waals surface area (Å²) in [6, 6.07) is 0.611. The number of hydrogen-bond acceptors (Lipinski definition) is 2. The molecule has 2 aliphatic carbocycles. The highest BCUT2D eigenvalue weighted by molar-refractivity contribution is 4.91. The van der Waals surface area contributed by atoms with Gasteiger partial charge in [-0.2, -0.15) is 0 Å². The van der Waals surface area contributed by atoms with Crippen LogP contribution in [0.1, 0.15) is 72.6 Å². The van der Waals surface area contributed by atoms with Gasteiger partial charge in [-0.1, -0.05) is 47.0 Å². The molecule has 0 amide bonds. The van der Waals surface area contributed by atoms with E-state index in [0.717, 1.165) is 37.1 Å². The summed E-state index contributed by atoms with van der Waals surface area (Å²) < 4.78 is 0. The van der Waals surface area contributed by atoms with E-state index in [2.05, 4.69) is 33.0 Å². The highest BCUT2D eigenvalue weighted by Gasteiger charge is 2.35. The van der Waals surface area contributed by atoms with E-state index in [4.69, 9.17) is 0 Å². The molecule has 5 unspecified atom stereocenters. The van der Waals surface area contributed by atoms with Gasteiger partial charge < -0.3 is 10.4 Å². The Bertz CT molecular complexity index is 304. The van der Waals surface area contributed by atoms with Crippen LogP contribution in [0.2, 0.25) is 0 Å². The molecule has 20 heavy (non-hydrogen) atoms. The van der Waals surface area contributed by atoms with Crippen molar-refractivity contribution >= 4 is 0 Å². The van der Waals surface area contributed by atoms with Gasteiger partial charge in [0, 0.05) is 12.6 Å². The van der Waals surface area contributed by atoms with E-state index in [9.17, 15) is 5.11 Å². The van der Waals surface area contributed by atoms with Crippen molar-refractivity contribution in [2.45, 2.75) is 84.3 Å². The minimum Gasteiger partial charge on any atom is -0.389 e. The van der Waals surface area contributed by atoms with Crippen LogP contribution in [-0.2, 0) is 0 Å². The average molecular weight is 281 g/mol. The molecular weight excluding hydrogens is 246 g/mol. The first-order valence-electron chi connectivity index (χ1n) is 8.85. The quantitative estimate of drug-likeness (QED) is 0.817. The summed E-state index contributed by atoms with van der Waals surface area (Å²) >= 11 is 0. The fourth-order valence-electron chi connectivity index (χ4n) is 4.55. The molecule has 5 atom stereocenters. The molecule has 2 heteroatoms. The second kappa shape index (κ2) is 6.79. The minimum atomic E-state index is -0.445. The van der Waals surface area contributed by atoms with E-state index in [0.29, 0.717) is 12.0 Å². The van der Waals surface area contributed by atoms with Crippen LogP contribution in [0.15, 0.2) is 0 Å². The molecule has 2 N–H and O–H groups in total. The van der Waals surface area contributed by atoms with Crippen LogP contribution >= 0.6 is 0 Å². The molecule has 0 saturated heterocycles. The van der Waals surface area contributed by atoms with Gasteiger partial charge in [0.15, 0.2) is 0 Å². The molecule has 0 aromatic heterocycles. The van der Waals surface area contributed by atoms with Gasteiger partial charge in [-0.15, -0.1) is 0 Å². The van der Waals surface area contributed by atoms with Crippen LogP contribution in [0.3, 0.4) is 0 Å². The number of aliphatic hydroxyl groups is 1. The van der Waals surface area contributed by atoms with Crippen molar-refractivity contribution in [3.05, 3.63) is 0 Å². The molecule has 2 saturated carbocycles. The Morgan fingerprint density at radius 2 is 1.90 bits per heavy atom. The zero-order chi connectivity index (χ0) is 14.8. The highest BCUT2D eigenvalue weighted by atomic mass is 16.3. The normalized spacial score (nSPS) is 42.9. The van der Waals surface area contributed by atoms with E-state index in [-0.39, 0.29) is 0 Å². The second-order valence-corrected chi connectivity index (χ2v) is 8.24. The third-order valence-electron chi connectivity index (χ3n) is 5.78. The molecule has 0 heterocycles. The van der Waals surface area contributed by atoms with Gasteiger partial charge in [-0.3, -0.25) is 0 Å². The van der Waals surface area contributed by atoms with Gasteiger partial charge in [0.2, 0.25) is 0 Å². The summed E-state index contributed by atoms with van der Waals surface area (Å²) in [6.45, 7) is 10.2. The number of nitrogens with one attached hydrogen (secondary N) is 1. The van der Waals surface area contributed by atoms with Gasteiger partial charge in [-0.05, 0) is 49.4 Å². The van der Waals surface area contributed by atoms with E-state index in [1.807, 2.05) is 0 Å². The van der Waals surface area contributed by atoms with Crippen LogP contribution in [0.25, 0.3) is 0 Å². The smallest absolute Gasteiger partial charge is 0.0774 e. The standard InChI is InChI=1S/C18H35NO/c1-13(2)16-8-7-14(3)10-17(16)19-12-18(20)9-5-6-15(4)11-18/h13-17,19-20H,5-12H2,1-4H3. The summed E-state index contributed by atoms with van der Waals surface area (Å²) in [4.78, 5) is 0. The zero-order valence-corrected chi connectivity index (χ0v) is 14.0.